The first-order valence-electron chi connectivity index (χ1n) is 5.53. The summed E-state index contributed by atoms with van der Waals surface area (Å²) in [4.78, 5) is 13.2. The van der Waals surface area contributed by atoms with Gasteiger partial charge in [-0.3, -0.25) is 4.68 Å². The molecule has 2 heterocycles. The van der Waals surface area contributed by atoms with Gasteiger partial charge < -0.3 is 10.0 Å². The fourth-order valence-corrected chi connectivity index (χ4v) is 2.19. The number of aryl methyl sites for hydroxylation is 1. The van der Waals surface area contributed by atoms with Gasteiger partial charge in [-0.05, 0) is 39.0 Å². The number of likely N-dealkylation sites (tertiary alicyclic amines) is 1. The summed E-state index contributed by atoms with van der Waals surface area (Å²) in [5, 5.41) is 13.2. The molecule has 0 atom stereocenters. The van der Waals surface area contributed by atoms with Gasteiger partial charge in [0.15, 0.2) is 0 Å². The minimum Gasteiger partial charge on any atom is -0.477 e. The van der Waals surface area contributed by atoms with Crippen molar-refractivity contribution in [2.45, 2.75) is 18.8 Å². The Hall–Kier alpha value is -1.36. The summed E-state index contributed by atoms with van der Waals surface area (Å²) in [6.07, 6.45) is 2.12. The number of aromatic carboxylic acids is 1. The SMILES string of the molecule is CN1CCC(c2cc(C(=O)O)n(C)n2)CC1. The lowest BCUT2D eigenvalue weighted by Crippen LogP contribution is -2.29. The van der Waals surface area contributed by atoms with Crippen LogP contribution in [0.25, 0.3) is 0 Å². The van der Waals surface area contributed by atoms with Crippen LogP contribution in [0.3, 0.4) is 0 Å². The van der Waals surface area contributed by atoms with Crippen LogP contribution >= 0.6 is 0 Å². The van der Waals surface area contributed by atoms with E-state index in [0.29, 0.717) is 5.92 Å². The van der Waals surface area contributed by atoms with Gasteiger partial charge in [0.1, 0.15) is 5.69 Å². The molecule has 88 valence electrons. The number of carbonyl (C=O) groups is 1. The Labute approximate surface area is 94.7 Å². The molecule has 0 unspecified atom stereocenters. The molecular formula is C11H17N3O2. The van der Waals surface area contributed by atoms with E-state index in [1.807, 2.05) is 0 Å². The van der Waals surface area contributed by atoms with Crippen LogP contribution in [0.2, 0.25) is 0 Å². The third kappa shape index (κ3) is 2.09. The average Bonchev–Trinajstić information content (AvgIpc) is 2.61. The van der Waals surface area contributed by atoms with Crippen molar-refractivity contribution in [1.29, 1.82) is 0 Å². The van der Waals surface area contributed by atoms with Gasteiger partial charge in [0.05, 0.1) is 5.69 Å². The fraction of sp³-hybridized carbons (Fsp3) is 0.636. The minimum absolute atomic E-state index is 0.272. The van der Waals surface area contributed by atoms with E-state index in [2.05, 4.69) is 17.0 Å². The second-order valence-corrected chi connectivity index (χ2v) is 4.46. The molecule has 0 spiro atoms. The summed E-state index contributed by atoms with van der Waals surface area (Å²) in [5.41, 5.74) is 1.20. The maximum Gasteiger partial charge on any atom is 0.354 e. The zero-order valence-electron chi connectivity index (χ0n) is 9.68. The molecule has 1 aromatic heterocycles. The van der Waals surface area contributed by atoms with Gasteiger partial charge in [-0.15, -0.1) is 0 Å². The number of aromatic nitrogens is 2. The maximum atomic E-state index is 10.9. The van der Waals surface area contributed by atoms with E-state index >= 15 is 0 Å². The molecule has 0 aromatic carbocycles. The molecule has 2 rings (SSSR count). The number of carboxylic acids is 1. The molecule has 0 bridgehead atoms. The molecular weight excluding hydrogens is 206 g/mol. The lowest BCUT2D eigenvalue weighted by atomic mass is 9.94. The molecule has 1 aromatic rings. The quantitative estimate of drug-likeness (QED) is 0.810. The zero-order valence-corrected chi connectivity index (χ0v) is 9.68. The predicted molar refractivity (Wildman–Crippen MR) is 59.6 cm³/mol. The maximum absolute atomic E-state index is 10.9. The second-order valence-electron chi connectivity index (χ2n) is 4.46. The van der Waals surface area contributed by atoms with Crippen molar-refractivity contribution in [2.24, 2.45) is 7.05 Å². The van der Waals surface area contributed by atoms with Gasteiger partial charge in [0.2, 0.25) is 0 Å². The molecule has 0 saturated carbocycles. The Morgan fingerprint density at radius 1 is 1.44 bits per heavy atom. The van der Waals surface area contributed by atoms with Crippen LogP contribution < -0.4 is 0 Å². The zero-order chi connectivity index (χ0) is 11.7. The van der Waals surface area contributed by atoms with Gasteiger partial charge in [-0.1, -0.05) is 0 Å². The van der Waals surface area contributed by atoms with E-state index in [0.717, 1.165) is 31.6 Å². The number of hydrogen-bond acceptors (Lipinski definition) is 3. The second kappa shape index (κ2) is 4.25. The van der Waals surface area contributed by atoms with Crippen molar-refractivity contribution >= 4 is 5.97 Å². The normalized spacial score (nSPS) is 18.9. The fourth-order valence-electron chi connectivity index (χ4n) is 2.19. The van der Waals surface area contributed by atoms with Crippen LogP contribution in [0.4, 0.5) is 0 Å². The van der Waals surface area contributed by atoms with Crippen molar-refractivity contribution in [2.75, 3.05) is 20.1 Å². The van der Waals surface area contributed by atoms with Crippen LogP contribution in [0, 0.1) is 0 Å². The van der Waals surface area contributed by atoms with Gasteiger partial charge in [-0.25, -0.2) is 4.79 Å². The summed E-state index contributed by atoms with van der Waals surface area (Å²) < 4.78 is 1.45. The van der Waals surface area contributed by atoms with Crippen LogP contribution in [0.1, 0.15) is 34.9 Å². The largest absolute Gasteiger partial charge is 0.477 e. The minimum atomic E-state index is -0.908. The lowest BCUT2D eigenvalue weighted by Gasteiger charge is -2.27. The molecule has 0 radical (unpaired) electrons. The summed E-state index contributed by atoms with van der Waals surface area (Å²) >= 11 is 0. The van der Waals surface area contributed by atoms with Crippen LogP contribution in [0.15, 0.2) is 6.07 Å². The molecule has 1 aliphatic heterocycles. The van der Waals surface area contributed by atoms with E-state index in [-0.39, 0.29) is 5.69 Å². The highest BCUT2D eigenvalue weighted by atomic mass is 16.4. The Morgan fingerprint density at radius 3 is 2.56 bits per heavy atom. The van der Waals surface area contributed by atoms with E-state index in [1.165, 1.54) is 4.68 Å². The topological polar surface area (TPSA) is 58.4 Å². The summed E-state index contributed by atoms with van der Waals surface area (Å²) in [7, 11) is 3.79. The van der Waals surface area contributed by atoms with E-state index in [4.69, 9.17) is 5.11 Å². The van der Waals surface area contributed by atoms with Crippen molar-refractivity contribution in [3.05, 3.63) is 17.5 Å². The number of nitrogens with zero attached hydrogens (tertiary/aromatic N) is 3. The van der Waals surface area contributed by atoms with Gasteiger partial charge in [0, 0.05) is 13.0 Å². The number of carboxylic acid groups (broad SMARTS) is 1. The number of piperidine rings is 1. The molecule has 1 aliphatic rings. The van der Waals surface area contributed by atoms with Crippen molar-refractivity contribution in [3.8, 4) is 0 Å². The van der Waals surface area contributed by atoms with Gasteiger partial charge in [0.25, 0.3) is 0 Å². The number of hydrogen-bond donors (Lipinski definition) is 1. The summed E-state index contributed by atoms with van der Waals surface area (Å²) in [5.74, 6) is -0.496. The highest BCUT2D eigenvalue weighted by Gasteiger charge is 2.22. The highest BCUT2D eigenvalue weighted by molar-refractivity contribution is 5.85. The predicted octanol–water partition coefficient (Wildman–Crippen LogP) is 0.928. The molecule has 0 aliphatic carbocycles. The first kappa shape index (κ1) is 11.1. The van der Waals surface area contributed by atoms with Crippen molar-refractivity contribution in [3.63, 3.8) is 0 Å². The Morgan fingerprint density at radius 2 is 2.06 bits per heavy atom. The Balaban J connectivity index is 2.15. The Bertz CT molecular complexity index is 392. The van der Waals surface area contributed by atoms with Crippen molar-refractivity contribution < 1.29 is 9.90 Å². The molecule has 1 saturated heterocycles. The first-order chi connectivity index (χ1) is 7.58. The van der Waals surface area contributed by atoms with Crippen LogP contribution in [-0.4, -0.2) is 45.9 Å². The monoisotopic (exact) mass is 223 g/mol. The molecule has 0 amide bonds. The molecule has 5 heteroatoms. The van der Waals surface area contributed by atoms with E-state index < -0.39 is 5.97 Å². The van der Waals surface area contributed by atoms with Gasteiger partial charge >= 0.3 is 5.97 Å². The summed E-state index contributed by atoms with van der Waals surface area (Å²) in [6.45, 7) is 2.12. The van der Waals surface area contributed by atoms with Crippen LogP contribution in [-0.2, 0) is 7.05 Å². The standard InChI is InChI=1S/C11H17N3O2/c1-13-5-3-8(4-6-13)9-7-10(11(15)16)14(2)12-9/h7-8H,3-6H2,1-2H3,(H,15,16). The van der Waals surface area contributed by atoms with Crippen LogP contribution in [0.5, 0.6) is 0 Å². The summed E-state index contributed by atoms with van der Waals surface area (Å²) in [6, 6.07) is 1.71. The molecule has 16 heavy (non-hydrogen) atoms. The van der Waals surface area contributed by atoms with Gasteiger partial charge in [-0.2, -0.15) is 5.10 Å². The van der Waals surface area contributed by atoms with Crippen molar-refractivity contribution in [1.82, 2.24) is 14.7 Å². The molecule has 1 N–H and O–H groups in total. The van der Waals surface area contributed by atoms with E-state index in [9.17, 15) is 4.79 Å². The average molecular weight is 223 g/mol. The molecule has 1 fully saturated rings. The third-order valence-electron chi connectivity index (χ3n) is 3.25. The smallest absolute Gasteiger partial charge is 0.354 e. The number of rotatable bonds is 2. The lowest BCUT2D eigenvalue weighted by molar-refractivity contribution is 0.0685. The third-order valence-corrected chi connectivity index (χ3v) is 3.25. The molecule has 5 nitrogen and oxygen atoms in total. The first-order valence-corrected chi connectivity index (χ1v) is 5.53. The highest BCUT2D eigenvalue weighted by Crippen LogP contribution is 2.26. The van der Waals surface area contributed by atoms with E-state index in [1.54, 1.807) is 13.1 Å². The Kier molecular flexibility index (Phi) is 2.96.